The summed E-state index contributed by atoms with van der Waals surface area (Å²) in [7, 11) is 1.58. The van der Waals surface area contributed by atoms with Gasteiger partial charge in [-0.15, -0.1) is 0 Å². The Hall–Kier alpha value is -1.40. The van der Waals surface area contributed by atoms with Crippen molar-refractivity contribution in [3.8, 4) is 0 Å². The van der Waals surface area contributed by atoms with Crippen molar-refractivity contribution in [1.29, 1.82) is 0 Å². The molecule has 0 radical (unpaired) electrons. The molecule has 1 amide bonds. The summed E-state index contributed by atoms with van der Waals surface area (Å²) < 4.78 is 10.0. The first kappa shape index (κ1) is 12.6. The molecule has 0 aliphatic carbocycles. The van der Waals surface area contributed by atoms with Gasteiger partial charge in [0.25, 0.3) is 5.91 Å². The number of fused-ring (bicyclic) bond motifs is 2. The van der Waals surface area contributed by atoms with Crippen LogP contribution in [0.15, 0.2) is 10.6 Å². The predicted octanol–water partition coefficient (Wildman–Crippen LogP) is 0.787. The van der Waals surface area contributed by atoms with Gasteiger partial charge in [0, 0.05) is 38.3 Å². The largest absolute Gasteiger partial charge is 0.377 e. The van der Waals surface area contributed by atoms with Crippen LogP contribution in [0, 0.1) is 0 Å². The zero-order chi connectivity index (χ0) is 13.2. The molecule has 2 bridgehead atoms. The predicted molar refractivity (Wildman–Crippen MR) is 67.7 cm³/mol. The number of likely N-dealkylation sites (tertiary alicyclic amines) is 1. The van der Waals surface area contributed by atoms with E-state index in [0.29, 0.717) is 30.1 Å². The van der Waals surface area contributed by atoms with Gasteiger partial charge >= 0.3 is 0 Å². The van der Waals surface area contributed by atoms with Crippen molar-refractivity contribution >= 4 is 5.91 Å². The summed E-state index contributed by atoms with van der Waals surface area (Å²) in [6.07, 6.45) is 3.40. The Bertz CT molecular complexity index is 460. The van der Waals surface area contributed by atoms with E-state index >= 15 is 0 Å². The molecule has 2 aliphatic rings. The summed E-state index contributed by atoms with van der Waals surface area (Å²) in [6.45, 7) is 1.90. The molecule has 0 saturated carbocycles. The van der Waals surface area contributed by atoms with Crippen LogP contribution in [0.3, 0.4) is 0 Å². The Balaban J connectivity index is 1.68. The van der Waals surface area contributed by atoms with Gasteiger partial charge in [-0.3, -0.25) is 4.79 Å². The smallest absolute Gasteiger partial charge is 0.276 e. The summed E-state index contributed by atoms with van der Waals surface area (Å²) in [5.74, 6) is 0.542. The lowest BCUT2D eigenvalue weighted by Crippen LogP contribution is -2.39. The van der Waals surface area contributed by atoms with Crippen molar-refractivity contribution in [1.82, 2.24) is 15.4 Å². The molecule has 104 valence electrons. The third-order valence-corrected chi connectivity index (χ3v) is 3.88. The first-order chi connectivity index (χ1) is 9.26. The average Bonchev–Trinajstić information content (AvgIpc) is 2.96. The summed E-state index contributed by atoms with van der Waals surface area (Å²) >= 11 is 0. The van der Waals surface area contributed by atoms with Gasteiger partial charge in [0.15, 0.2) is 11.5 Å². The van der Waals surface area contributed by atoms with Crippen LogP contribution in [-0.4, -0.2) is 48.2 Å². The minimum absolute atomic E-state index is 0.0412. The van der Waals surface area contributed by atoms with E-state index < -0.39 is 0 Å². The van der Waals surface area contributed by atoms with Gasteiger partial charge in [0.2, 0.25) is 0 Å². The van der Waals surface area contributed by atoms with Crippen molar-refractivity contribution in [2.75, 3.05) is 20.2 Å². The number of carbonyl (C=O) groups is 1. The second-order valence-electron chi connectivity index (χ2n) is 5.29. The Kier molecular flexibility index (Phi) is 3.52. The molecule has 3 rings (SSSR count). The maximum absolute atomic E-state index is 12.4. The Morgan fingerprint density at radius 3 is 3.21 bits per heavy atom. The molecule has 2 unspecified atom stereocenters. The van der Waals surface area contributed by atoms with Gasteiger partial charge in [-0.1, -0.05) is 5.16 Å². The highest BCUT2D eigenvalue weighted by Gasteiger charge is 2.32. The summed E-state index contributed by atoms with van der Waals surface area (Å²) in [5.41, 5.74) is 0.379. The molecule has 3 heterocycles. The third kappa shape index (κ3) is 2.64. The monoisotopic (exact) mass is 265 g/mol. The fourth-order valence-electron chi connectivity index (χ4n) is 2.91. The number of hydrogen-bond donors (Lipinski definition) is 1. The lowest BCUT2D eigenvalue weighted by molar-refractivity contribution is 0.0737. The fourth-order valence-corrected chi connectivity index (χ4v) is 2.91. The van der Waals surface area contributed by atoms with E-state index in [0.717, 1.165) is 25.9 Å². The molecule has 1 aromatic heterocycles. The summed E-state index contributed by atoms with van der Waals surface area (Å²) in [5, 5.41) is 7.39. The average molecular weight is 265 g/mol. The maximum Gasteiger partial charge on any atom is 0.276 e. The van der Waals surface area contributed by atoms with Crippen LogP contribution < -0.4 is 5.32 Å². The molecule has 2 atom stereocenters. The second-order valence-corrected chi connectivity index (χ2v) is 5.29. The van der Waals surface area contributed by atoms with Crippen molar-refractivity contribution in [3.63, 3.8) is 0 Å². The van der Waals surface area contributed by atoms with Crippen LogP contribution in [0.25, 0.3) is 0 Å². The van der Waals surface area contributed by atoms with Crippen molar-refractivity contribution in [2.24, 2.45) is 0 Å². The second kappa shape index (κ2) is 5.30. The number of rotatable bonds is 3. The van der Waals surface area contributed by atoms with E-state index in [1.54, 1.807) is 13.2 Å². The van der Waals surface area contributed by atoms with E-state index in [1.807, 2.05) is 4.90 Å². The minimum atomic E-state index is -0.0412. The third-order valence-electron chi connectivity index (χ3n) is 3.88. The topological polar surface area (TPSA) is 67.6 Å². The quantitative estimate of drug-likeness (QED) is 0.875. The van der Waals surface area contributed by atoms with Gasteiger partial charge in [-0.05, 0) is 19.3 Å². The molecule has 0 spiro atoms. The first-order valence-corrected chi connectivity index (χ1v) is 6.76. The minimum Gasteiger partial charge on any atom is -0.377 e. The SMILES string of the molecule is COCc1cc(C(=O)N2CCC3CCC(C2)N3)no1. The lowest BCUT2D eigenvalue weighted by Gasteiger charge is -2.23. The Morgan fingerprint density at radius 2 is 2.37 bits per heavy atom. The zero-order valence-corrected chi connectivity index (χ0v) is 11.1. The van der Waals surface area contributed by atoms with Crippen LogP contribution in [0.1, 0.15) is 35.5 Å². The number of carbonyl (C=O) groups excluding carboxylic acids is 1. The molecule has 2 fully saturated rings. The van der Waals surface area contributed by atoms with E-state index in [2.05, 4.69) is 10.5 Å². The number of hydrogen-bond acceptors (Lipinski definition) is 5. The van der Waals surface area contributed by atoms with Crippen molar-refractivity contribution < 1.29 is 14.1 Å². The molecule has 6 nitrogen and oxygen atoms in total. The van der Waals surface area contributed by atoms with Crippen molar-refractivity contribution in [3.05, 3.63) is 17.5 Å². The molecule has 6 heteroatoms. The van der Waals surface area contributed by atoms with E-state index in [1.165, 1.54) is 6.42 Å². The number of ether oxygens (including phenoxy) is 1. The van der Waals surface area contributed by atoms with E-state index in [-0.39, 0.29) is 5.91 Å². The zero-order valence-electron chi connectivity index (χ0n) is 11.1. The van der Waals surface area contributed by atoms with Gasteiger partial charge < -0.3 is 19.5 Å². The van der Waals surface area contributed by atoms with E-state index in [4.69, 9.17) is 9.26 Å². The molecule has 1 N–H and O–H groups in total. The normalized spacial score (nSPS) is 26.5. The maximum atomic E-state index is 12.4. The highest BCUT2D eigenvalue weighted by atomic mass is 16.5. The first-order valence-electron chi connectivity index (χ1n) is 6.76. The standard InChI is InChI=1S/C13H19N3O3/c1-18-8-11-6-12(15-19-11)13(17)16-5-4-9-2-3-10(7-16)14-9/h6,9-10,14H,2-5,7-8H2,1H3. The number of aromatic nitrogens is 1. The highest BCUT2D eigenvalue weighted by molar-refractivity contribution is 5.92. The van der Waals surface area contributed by atoms with Gasteiger partial charge in [0.05, 0.1) is 0 Å². The van der Waals surface area contributed by atoms with Crippen LogP contribution in [-0.2, 0) is 11.3 Å². The highest BCUT2D eigenvalue weighted by Crippen LogP contribution is 2.21. The lowest BCUT2D eigenvalue weighted by atomic mass is 10.1. The van der Waals surface area contributed by atoms with Crippen LogP contribution in [0.2, 0.25) is 0 Å². The molecule has 19 heavy (non-hydrogen) atoms. The molecule has 1 aromatic rings. The number of methoxy groups -OCH3 is 1. The molecule has 2 saturated heterocycles. The number of nitrogens with zero attached hydrogens (tertiary/aromatic N) is 2. The van der Waals surface area contributed by atoms with Crippen molar-refractivity contribution in [2.45, 2.75) is 38.0 Å². The van der Waals surface area contributed by atoms with Crippen LogP contribution in [0.4, 0.5) is 0 Å². The van der Waals surface area contributed by atoms with Gasteiger partial charge in [0.1, 0.15) is 6.61 Å². The van der Waals surface area contributed by atoms with Gasteiger partial charge in [-0.25, -0.2) is 0 Å². The van der Waals surface area contributed by atoms with Crippen LogP contribution in [0.5, 0.6) is 0 Å². The molecular weight excluding hydrogens is 246 g/mol. The molecule has 0 aromatic carbocycles. The fraction of sp³-hybridized carbons (Fsp3) is 0.692. The van der Waals surface area contributed by atoms with Gasteiger partial charge in [-0.2, -0.15) is 0 Å². The Morgan fingerprint density at radius 1 is 1.53 bits per heavy atom. The summed E-state index contributed by atoms with van der Waals surface area (Å²) in [4.78, 5) is 14.3. The van der Waals surface area contributed by atoms with Crippen LogP contribution >= 0.6 is 0 Å². The number of nitrogens with one attached hydrogen (secondary N) is 1. The Labute approximate surface area is 112 Å². The molecule has 2 aliphatic heterocycles. The van der Waals surface area contributed by atoms with E-state index in [9.17, 15) is 4.79 Å². The molecular formula is C13H19N3O3. The summed E-state index contributed by atoms with van der Waals surface area (Å²) in [6, 6.07) is 2.67. The number of amides is 1.